The maximum Gasteiger partial charge on any atom is 0.238 e. The summed E-state index contributed by atoms with van der Waals surface area (Å²) in [5.41, 5.74) is 2.49. The maximum absolute atomic E-state index is 12.6. The molecule has 2 atom stereocenters. The van der Waals surface area contributed by atoms with Crippen LogP contribution in [0.1, 0.15) is 12.1 Å². The average Bonchev–Trinajstić information content (AvgIpc) is 3.60. The van der Waals surface area contributed by atoms with Crippen LogP contribution in [-0.4, -0.2) is 79.7 Å². The van der Waals surface area contributed by atoms with E-state index in [1.54, 1.807) is 11.6 Å². The van der Waals surface area contributed by atoms with Gasteiger partial charge in [0.05, 0.1) is 19.3 Å². The third-order valence-corrected chi connectivity index (χ3v) is 6.91. The van der Waals surface area contributed by atoms with Crippen molar-refractivity contribution >= 4 is 40.5 Å². The molecule has 4 N–H and O–H groups in total. The van der Waals surface area contributed by atoms with Gasteiger partial charge in [-0.15, -0.1) is 5.10 Å². The number of carbonyl (C=O) groups is 1. The standard InChI is InChI=1S/C24H28N8O3S/c1-15-10-21(29-28-15)26-23-20-4-3-9-32(20)30-24(27-23)36-19-7-5-16(6-8-19)25-22(34)13-31-12-18(35-2)11-17(31)14-33/h3-10,17-18,33H,11-14H2,1-2H3,(H,25,34)(H2,26,27,28,29,30)/t17-,18-/m0/s1. The molecule has 3 aromatic heterocycles. The Kier molecular flexibility index (Phi) is 7.18. The Bertz CT molecular complexity index is 1340. The fraction of sp³-hybridized carbons (Fsp3) is 0.333. The Balaban J connectivity index is 1.23. The molecule has 0 radical (unpaired) electrons. The second-order valence-corrected chi connectivity index (χ2v) is 9.72. The fourth-order valence-corrected chi connectivity index (χ4v) is 4.99. The van der Waals surface area contributed by atoms with Gasteiger partial charge in [0.25, 0.3) is 0 Å². The predicted octanol–water partition coefficient (Wildman–Crippen LogP) is 2.68. The molecule has 0 saturated carbocycles. The molecule has 12 heteroatoms. The Hall–Kier alpha value is -3.45. The first kappa shape index (κ1) is 24.3. The van der Waals surface area contributed by atoms with Gasteiger partial charge in [0.2, 0.25) is 11.1 Å². The van der Waals surface area contributed by atoms with Crippen LogP contribution in [0.4, 0.5) is 17.3 Å². The maximum atomic E-state index is 12.6. The number of carbonyl (C=O) groups excluding carboxylic acids is 1. The van der Waals surface area contributed by atoms with Crippen LogP contribution in [0.2, 0.25) is 0 Å². The predicted molar refractivity (Wildman–Crippen MR) is 137 cm³/mol. The van der Waals surface area contributed by atoms with Gasteiger partial charge in [-0.3, -0.25) is 14.8 Å². The second kappa shape index (κ2) is 10.7. The number of fused-ring (bicyclic) bond motifs is 1. The number of H-pyrrole nitrogens is 1. The van der Waals surface area contributed by atoms with E-state index in [1.165, 1.54) is 11.8 Å². The first-order valence-corrected chi connectivity index (χ1v) is 12.4. The monoisotopic (exact) mass is 508 g/mol. The summed E-state index contributed by atoms with van der Waals surface area (Å²) >= 11 is 1.42. The molecule has 0 bridgehead atoms. The van der Waals surface area contributed by atoms with Crippen LogP contribution in [0, 0.1) is 6.92 Å². The van der Waals surface area contributed by atoms with Crippen LogP contribution in [-0.2, 0) is 9.53 Å². The van der Waals surface area contributed by atoms with Crippen LogP contribution in [0.5, 0.6) is 0 Å². The minimum Gasteiger partial charge on any atom is -0.395 e. The van der Waals surface area contributed by atoms with Gasteiger partial charge in [0.1, 0.15) is 5.52 Å². The lowest BCUT2D eigenvalue weighted by atomic mass is 10.2. The van der Waals surface area contributed by atoms with Gasteiger partial charge in [0, 0.05) is 48.2 Å². The lowest BCUT2D eigenvalue weighted by Crippen LogP contribution is -2.38. The Morgan fingerprint density at radius 3 is 2.86 bits per heavy atom. The molecule has 1 aliphatic heterocycles. The Morgan fingerprint density at radius 2 is 2.14 bits per heavy atom. The van der Waals surface area contributed by atoms with Crippen molar-refractivity contribution in [1.82, 2.24) is 29.7 Å². The highest BCUT2D eigenvalue weighted by atomic mass is 32.2. The first-order chi connectivity index (χ1) is 17.5. The van der Waals surface area contributed by atoms with Gasteiger partial charge >= 0.3 is 0 Å². The molecule has 4 aromatic rings. The lowest BCUT2D eigenvalue weighted by molar-refractivity contribution is -0.117. The lowest BCUT2D eigenvalue weighted by Gasteiger charge is -2.21. The molecule has 1 aromatic carbocycles. The number of amides is 1. The van der Waals surface area contributed by atoms with E-state index in [9.17, 15) is 9.90 Å². The molecule has 1 fully saturated rings. The third-order valence-electron chi connectivity index (χ3n) is 6.05. The van der Waals surface area contributed by atoms with Gasteiger partial charge in [-0.25, -0.2) is 9.50 Å². The Labute approximate surface area is 212 Å². The molecule has 0 unspecified atom stereocenters. The molecule has 1 amide bonds. The highest BCUT2D eigenvalue weighted by molar-refractivity contribution is 7.99. The average molecular weight is 509 g/mol. The second-order valence-electron chi connectivity index (χ2n) is 8.68. The van der Waals surface area contributed by atoms with E-state index >= 15 is 0 Å². The van der Waals surface area contributed by atoms with Gasteiger partial charge in [-0.05, 0) is 61.5 Å². The third kappa shape index (κ3) is 5.51. The van der Waals surface area contributed by atoms with E-state index in [0.717, 1.165) is 22.5 Å². The summed E-state index contributed by atoms with van der Waals surface area (Å²) in [5, 5.41) is 28.1. The highest BCUT2D eigenvalue weighted by Crippen LogP contribution is 2.29. The van der Waals surface area contributed by atoms with Gasteiger partial charge in [0.15, 0.2) is 11.6 Å². The molecule has 0 aliphatic carbocycles. The zero-order chi connectivity index (χ0) is 25.1. The van der Waals surface area contributed by atoms with Crippen molar-refractivity contribution in [2.75, 3.05) is 37.4 Å². The quantitative estimate of drug-likeness (QED) is 0.269. The van der Waals surface area contributed by atoms with E-state index < -0.39 is 0 Å². The van der Waals surface area contributed by atoms with Crippen molar-refractivity contribution in [3.63, 3.8) is 0 Å². The van der Waals surface area contributed by atoms with Gasteiger partial charge in [-0.2, -0.15) is 5.10 Å². The molecular weight excluding hydrogens is 480 g/mol. The van der Waals surface area contributed by atoms with Crippen LogP contribution >= 0.6 is 11.8 Å². The topological polar surface area (TPSA) is 133 Å². The summed E-state index contributed by atoms with van der Waals surface area (Å²) in [6.45, 7) is 2.78. The number of hydrogen-bond acceptors (Lipinski definition) is 9. The smallest absolute Gasteiger partial charge is 0.238 e. The summed E-state index contributed by atoms with van der Waals surface area (Å²) in [4.78, 5) is 20.2. The van der Waals surface area contributed by atoms with E-state index in [4.69, 9.17) is 4.74 Å². The summed E-state index contributed by atoms with van der Waals surface area (Å²) in [6, 6.07) is 13.2. The van der Waals surface area contributed by atoms with Crippen molar-refractivity contribution in [2.45, 2.75) is 35.5 Å². The summed E-state index contributed by atoms with van der Waals surface area (Å²) < 4.78 is 7.16. The van der Waals surface area contributed by atoms with Crippen LogP contribution < -0.4 is 10.6 Å². The largest absolute Gasteiger partial charge is 0.395 e. The van der Waals surface area contributed by atoms with Crippen molar-refractivity contribution in [3.05, 3.63) is 54.4 Å². The zero-order valence-electron chi connectivity index (χ0n) is 20.0. The molecule has 4 heterocycles. The van der Waals surface area contributed by atoms with Gasteiger partial charge in [-0.1, -0.05) is 0 Å². The number of ether oxygens (including phenoxy) is 1. The Morgan fingerprint density at radius 1 is 1.31 bits per heavy atom. The molecule has 0 spiro atoms. The number of methoxy groups -OCH3 is 1. The number of aliphatic hydroxyl groups is 1. The normalized spacial score (nSPS) is 18.1. The number of benzene rings is 1. The number of anilines is 3. The van der Waals surface area contributed by atoms with E-state index in [2.05, 4.69) is 30.9 Å². The number of aliphatic hydroxyl groups excluding tert-OH is 1. The number of aromatic amines is 1. The zero-order valence-corrected chi connectivity index (χ0v) is 20.8. The van der Waals surface area contributed by atoms with E-state index in [0.29, 0.717) is 29.0 Å². The number of aryl methyl sites for hydroxylation is 1. The summed E-state index contributed by atoms with van der Waals surface area (Å²) in [5.74, 6) is 1.21. The highest BCUT2D eigenvalue weighted by Gasteiger charge is 2.32. The molecule has 1 aliphatic rings. The van der Waals surface area contributed by atoms with E-state index in [1.807, 2.05) is 60.5 Å². The molecular formula is C24H28N8O3S. The van der Waals surface area contributed by atoms with Gasteiger partial charge < -0.3 is 20.5 Å². The molecule has 36 heavy (non-hydrogen) atoms. The molecule has 11 nitrogen and oxygen atoms in total. The number of rotatable bonds is 9. The molecule has 5 rings (SSSR count). The number of aromatic nitrogens is 5. The SMILES string of the molecule is CO[C@H]1C[C@@H](CO)N(CC(=O)Nc2ccc(Sc3nc(Nc4cc(C)[nH]n4)c4cccn4n3)cc2)C1. The number of nitrogens with zero attached hydrogens (tertiary/aromatic N) is 5. The van der Waals surface area contributed by atoms with Crippen LogP contribution in [0.25, 0.3) is 5.52 Å². The van der Waals surface area contributed by atoms with Crippen molar-refractivity contribution < 1.29 is 14.6 Å². The summed E-state index contributed by atoms with van der Waals surface area (Å²) in [6.07, 6.45) is 2.64. The number of nitrogens with one attached hydrogen (secondary N) is 3. The number of hydrogen-bond donors (Lipinski definition) is 4. The van der Waals surface area contributed by atoms with Crippen molar-refractivity contribution in [2.24, 2.45) is 0 Å². The van der Waals surface area contributed by atoms with E-state index in [-0.39, 0.29) is 31.2 Å². The fourth-order valence-electron chi connectivity index (χ4n) is 4.24. The van der Waals surface area contributed by atoms with Crippen molar-refractivity contribution in [1.29, 1.82) is 0 Å². The van der Waals surface area contributed by atoms with Crippen molar-refractivity contribution in [3.8, 4) is 0 Å². The van der Waals surface area contributed by atoms with Crippen LogP contribution in [0.15, 0.2) is 58.7 Å². The molecule has 188 valence electrons. The molecule has 1 saturated heterocycles. The first-order valence-electron chi connectivity index (χ1n) is 11.6. The van der Waals surface area contributed by atoms with Crippen LogP contribution in [0.3, 0.4) is 0 Å². The minimum atomic E-state index is -0.128. The summed E-state index contributed by atoms with van der Waals surface area (Å²) in [7, 11) is 1.65. The number of likely N-dealkylation sites (tertiary alicyclic amines) is 1. The minimum absolute atomic E-state index is 0.00844.